The van der Waals surface area contributed by atoms with Gasteiger partial charge in [-0.05, 0) is 12.8 Å². The van der Waals surface area contributed by atoms with E-state index in [1.54, 1.807) is 6.92 Å². The van der Waals surface area contributed by atoms with Crippen molar-refractivity contribution in [3.63, 3.8) is 0 Å². The van der Waals surface area contributed by atoms with Crippen LogP contribution in [0.2, 0.25) is 0 Å². The van der Waals surface area contributed by atoms with E-state index in [0.717, 1.165) is 7.11 Å². The smallest absolute Gasteiger partial charge is 0.318 e. The summed E-state index contributed by atoms with van der Waals surface area (Å²) in [5.41, 5.74) is -1.69. The minimum atomic E-state index is -3.13. The van der Waals surface area contributed by atoms with Crippen LogP contribution in [0, 0.1) is 5.41 Å². The van der Waals surface area contributed by atoms with Crippen molar-refractivity contribution in [3.05, 3.63) is 0 Å². The van der Waals surface area contributed by atoms with Crippen LogP contribution in [0.4, 0.5) is 8.78 Å². The van der Waals surface area contributed by atoms with E-state index in [2.05, 4.69) is 9.47 Å². The number of carbonyl (C=O) groups excluding carboxylic acids is 1. The van der Waals surface area contributed by atoms with Crippen LogP contribution in [0.15, 0.2) is 0 Å². The molecule has 5 heteroatoms. The van der Waals surface area contributed by atoms with Crippen molar-refractivity contribution >= 4 is 5.97 Å². The molecule has 0 radical (unpaired) electrons. The van der Waals surface area contributed by atoms with E-state index in [4.69, 9.17) is 0 Å². The number of esters is 1. The van der Waals surface area contributed by atoms with E-state index in [9.17, 15) is 13.6 Å². The van der Waals surface area contributed by atoms with Crippen LogP contribution >= 0.6 is 0 Å². The summed E-state index contributed by atoms with van der Waals surface area (Å²) in [7, 11) is 1.13. The Hall–Kier alpha value is -0.710. The largest absolute Gasteiger partial charge is 0.468 e. The maximum atomic E-state index is 13.5. The third kappa shape index (κ3) is 1.49. The van der Waals surface area contributed by atoms with Gasteiger partial charge in [0.15, 0.2) is 0 Å². The summed E-state index contributed by atoms with van der Waals surface area (Å²) < 4.78 is 36.2. The zero-order valence-corrected chi connectivity index (χ0v) is 8.31. The molecule has 0 N–H and O–H groups in total. The molecule has 1 atom stereocenters. The maximum Gasteiger partial charge on any atom is 0.318 e. The molecule has 1 aliphatic heterocycles. The van der Waals surface area contributed by atoms with Gasteiger partial charge in [-0.25, -0.2) is 8.78 Å². The Balaban J connectivity index is 3.00. The Morgan fingerprint density at radius 1 is 1.57 bits per heavy atom. The third-order valence-electron chi connectivity index (χ3n) is 2.84. The molecular weight excluding hydrogens is 194 g/mol. The molecule has 0 aromatic rings. The monoisotopic (exact) mass is 208 g/mol. The Kier molecular flexibility index (Phi) is 3.09. The van der Waals surface area contributed by atoms with Gasteiger partial charge in [0.2, 0.25) is 0 Å². The first-order valence-corrected chi connectivity index (χ1v) is 4.54. The minimum Gasteiger partial charge on any atom is -0.468 e. The van der Waals surface area contributed by atoms with E-state index in [-0.39, 0.29) is 19.4 Å². The molecule has 3 nitrogen and oxygen atoms in total. The lowest BCUT2D eigenvalue weighted by Gasteiger charge is -2.40. The zero-order chi connectivity index (χ0) is 10.8. The van der Waals surface area contributed by atoms with Gasteiger partial charge in [0.25, 0.3) is 5.92 Å². The van der Waals surface area contributed by atoms with E-state index in [1.807, 2.05) is 0 Å². The van der Waals surface area contributed by atoms with E-state index >= 15 is 0 Å². The van der Waals surface area contributed by atoms with Crippen LogP contribution in [0.1, 0.15) is 19.8 Å². The maximum absolute atomic E-state index is 13.5. The summed E-state index contributed by atoms with van der Waals surface area (Å²) in [6, 6.07) is 0. The second kappa shape index (κ2) is 3.81. The molecule has 0 amide bonds. The molecule has 0 aromatic carbocycles. The molecule has 0 aromatic heterocycles. The Labute approximate surface area is 81.4 Å². The van der Waals surface area contributed by atoms with Crippen molar-refractivity contribution in [2.45, 2.75) is 25.7 Å². The third-order valence-corrected chi connectivity index (χ3v) is 2.84. The van der Waals surface area contributed by atoms with Gasteiger partial charge in [0.1, 0.15) is 12.0 Å². The molecule has 1 unspecified atom stereocenters. The fraction of sp³-hybridized carbons (Fsp3) is 0.889. The average Bonchev–Trinajstić information content (AvgIpc) is 2.16. The molecule has 1 heterocycles. The van der Waals surface area contributed by atoms with Gasteiger partial charge in [-0.15, -0.1) is 0 Å². The first kappa shape index (κ1) is 11.4. The average molecular weight is 208 g/mol. The Morgan fingerprint density at radius 3 is 2.64 bits per heavy atom. The van der Waals surface area contributed by atoms with E-state index in [1.165, 1.54) is 0 Å². The van der Waals surface area contributed by atoms with Crippen LogP contribution in [0.25, 0.3) is 0 Å². The van der Waals surface area contributed by atoms with Crippen molar-refractivity contribution < 1.29 is 23.0 Å². The zero-order valence-electron chi connectivity index (χ0n) is 8.31. The summed E-state index contributed by atoms with van der Waals surface area (Å²) in [5.74, 6) is -3.97. The van der Waals surface area contributed by atoms with E-state index < -0.39 is 23.9 Å². The van der Waals surface area contributed by atoms with E-state index in [0.29, 0.717) is 0 Å². The normalized spacial score (nSPS) is 31.1. The second-order valence-electron chi connectivity index (χ2n) is 3.43. The van der Waals surface area contributed by atoms with Crippen LogP contribution in [-0.2, 0) is 14.3 Å². The van der Waals surface area contributed by atoms with Gasteiger partial charge < -0.3 is 9.47 Å². The predicted octanol–water partition coefficient (Wildman–Crippen LogP) is 1.61. The molecular formula is C9H14F2O3. The first-order valence-electron chi connectivity index (χ1n) is 4.54. The molecule has 0 spiro atoms. The van der Waals surface area contributed by atoms with Crippen LogP contribution in [-0.4, -0.2) is 32.2 Å². The lowest BCUT2D eigenvalue weighted by atomic mass is 9.75. The molecule has 0 aliphatic carbocycles. The summed E-state index contributed by atoms with van der Waals surface area (Å²) >= 11 is 0. The number of rotatable bonds is 2. The second-order valence-corrected chi connectivity index (χ2v) is 3.43. The van der Waals surface area contributed by atoms with Gasteiger partial charge in [0, 0.05) is 6.61 Å². The van der Waals surface area contributed by atoms with Crippen molar-refractivity contribution in [1.82, 2.24) is 0 Å². The molecule has 14 heavy (non-hydrogen) atoms. The molecule has 1 fully saturated rings. The highest BCUT2D eigenvalue weighted by molar-refractivity contribution is 5.78. The Morgan fingerprint density at radius 2 is 2.21 bits per heavy atom. The van der Waals surface area contributed by atoms with Gasteiger partial charge in [0.05, 0.1) is 7.11 Å². The molecule has 82 valence electrons. The van der Waals surface area contributed by atoms with Crippen molar-refractivity contribution in [2.24, 2.45) is 5.41 Å². The number of halogens is 2. The van der Waals surface area contributed by atoms with Crippen LogP contribution in [0.5, 0.6) is 0 Å². The van der Waals surface area contributed by atoms with Gasteiger partial charge in [-0.2, -0.15) is 0 Å². The molecule has 1 rings (SSSR count). The van der Waals surface area contributed by atoms with Crippen LogP contribution in [0.3, 0.4) is 0 Å². The highest BCUT2D eigenvalue weighted by Gasteiger charge is 2.60. The summed E-state index contributed by atoms with van der Waals surface area (Å²) in [6.45, 7) is 1.05. The minimum absolute atomic E-state index is 0.0170. The van der Waals surface area contributed by atoms with Gasteiger partial charge in [-0.3, -0.25) is 4.79 Å². The number of methoxy groups -OCH3 is 1. The first-order chi connectivity index (χ1) is 6.50. The van der Waals surface area contributed by atoms with Crippen molar-refractivity contribution in [3.8, 4) is 0 Å². The summed E-state index contributed by atoms with van der Waals surface area (Å²) in [5, 5.41) is 0. The number of alkyl halides is 2. The highest BCUT2D eigenvalue weighted by atomic mass is 19.3. The number of hydrogen-bond donors (Lipinski definition) is 0. The van der Waals surface area contributed by atoms with Crippen LogP contribution < -0.4 is 0 Å². The van der Waals surface area contributed by atoms with Gasteiger partial charge >= 0.3 is 5.97 Å². The summed E-state index contributed by atoms with van der Waals surface area (Å²) in [4.78, 5) is 11.4. The topological polar surface area (TPSA) is 35.5 Å². The lowest BCUT2D eigenvalue weighted by Crippen LogP contribution is -2.54. The standard InChI is InChI=1S/C9H14F2O3/c1-3-8(7(12)13-2)4-5-14-6-9(8,10)11/h3-6H2,1-2H3. The van der Waals surface area contributed by atoms with Gasteiger partial charge in [-0.1, -0.05) is 6.92 Å². The summed E-state index contributed by atoms with van der Waals surface area (Å²) in [6.07, 6.45) is 0.0825. The van der Waals surface area contributed by atoms with Crippen molar-refractivity contribution in [2.75, 3.05) is 20.3 Å². The number of ether oxygens (including phenoxy) is 2. The molecule has 1 aliphatic rings. The SMILES string of the molecule is CCC1(C(=O)OC)CCOCC1(F)F. The number of hydrogen-bond acceptors (Lipinski definition) is 3. The highest BCUT2D eigenvalue weighted by Crippen LogP contribution is 2.46. The number of carbonyl (C=O) groups is 1. The quantitative estimate of drug-likeness (QED) is 0.647. The Bertz CT molecular complexity index is 230. The molecule has 0 saturated carbocycles. The molecule has 0 bridgehead atoms. The fourth-order valence-electron chi connectivity index (χ4n) is 1.79. The predicted molar refractivity (Wildman–Crippen MR) is 45.1 cm³/mol. The van der Waals surface area contributed by atoms with Crippen molar-refractivity contribution in [1.29, 1.82) is 0 Å². The lowest BCUT2D eigenvalue weighted by molar-refractivity contribution is -0.221. The fourth-order valence-corrected chi connectivity index (χ4v) is 1.79. The molecule has 1 saturated heterocycles.